The maximum absolute atomic E-state index is 5.33. The second-order valence-corrected chi connectivity index (χ2v) is 4.98. The van der Waals surface area contributed by atoms with Crippen molar-refractivity contribution in [3.63, 3.8) is 0 Å². The van der Waals surface area contributed by atoms with Gasteiger partial charge in [-0.05, 0) is 26.7 Å². The number of unbranched alkanes of at least 4 members (excludes halogenated alkanes) is 2. The van der Waals surface area contributed by atoms with E-state index < -0.39 is 0 Å². The molecule has 4 heteroatoms. The monoisotopic (exact) mass is 267 g/mol. The molecule has 0 aromatic carbocycles. The number of imidazole rings is 1. The van der Waals surface area contributed by atoms with Crippen LogP contribution in [-0.4, -0.2) is 29.3 Å². The summed E-state index contributed by atoms with van der Waals surface area (Å²) in [6, 6.07) is 0.517. The Morgan fingerprint density at radius 1 is 1.32 bits per heavy atom. The Bertz CT molecular complexity index is 325. The first-order chi connectivity index (χ1) is 9.29. The summed E-state index contributed by atoms with van der Waals surface area (Å²) in [5.74, 6) is 0.987. The van der Waals surface area contributed by atoms with Crippen molar-refractivity contribution in [1.29, 1.82) is 0 Å². The molecule has 1 heterocycles. The zero-order valence-corrected chi connectivity index (χ0v) is 12.7. The van der Waals surface area contributed by atoms with Crippen molar-refractivity contribution in [3.05, 3.63) is 12.4 Å². The smallest absolute Gasteiger partial charge is 0.203 e. The van der Waals surface area contributed by atoms with Crippen LogP contribution in [0.15, 0.2) is 12.4 Å². The number of anilines is 1. The molecule has 0 aliphatic rings. The summed E-state index contributed by atoms with van der Waals surface area (Å²) in [5, 5.41) is 3.40. The molecule has 110 valence electrons. The lowest BCUT2D eigenvalue weighted by molar-refractivity contribution is 0.147. The highest BCUT2D eigenvalue weighted by atomic mass is 16.5. The zero-order chi connectivity index (χ0) is 13.9. The van der Waals surface area contributed by atoms with Crippen LogP contribution in [0.2, 0.25) is 0 Å². The quantitative estimate of drug-likeness (QED) is 0.619. The van der Waals surface area contributed by atoms with Gasteiger partial charge in [-0.2, -0.15) is 0 Å². The van der Waals surface area contributed by atoms with Crippen molar-refractivity contribution in [2.24, 2.45) is 0 Å². The van der Waals surface area contributed by atoms with Gasteiger partial charge in [0.2, 0.25) is 5.95 Å². The fourth-order valence-electron chi connectivity index (χ4n) is 2.15. The summed E-state index contributed by atoms with van der Waals surface area (Å²) < 4.78 is 7.58. The number of nitrogens with zero attached hydrogens (tertiary/aromatic N) is 2. The van der Waals surface area contributed by atoms with E-state index in [4.69, 9.17) is 4.74 Å². The topological polar surface area (TPSA) is 39.1 Å². The van der Waals surface area contributed by atoms with E-state index in [1.807, 2.05) is 13.1 Å². The lowest BCUT2D eigenvalue weighted by Crippen LogP contribution is -2.13. The van der Waals surface area contributed by atoms with E-state index in [9.17, 15) is 0 Å². The molecule has 0 aliphatic heterocycles. The van der Waals surface area contributed by atoms with Crippen LogP contribution in [0.1, 0.15) is 58.9 Å². The molecule has 0 amide bonds. The van der Waals surface area contributed by atoms with Crippen LogP contribution >= 0.6 is 0 Å². The van der Waals surface area contributed by atoms with Crippen molar-refractivity contribution in [1.82, 2.24) is 9.55 Å². The fourth-order valence-corrected chi connectivity index (χ4v) is 2.15. The van der Waals surface area contributed by atoms with Gasteiger partial charge >= 0.3 is 0 Å². The number of aromatic nitrogens is 2. The summed E-state index contributed by atoms with van der Waals surface area (Å²) in [6.07, 6.45) is 10.1. The third-order valence-electron chi connectivity index (χ3n) is 3.32. The van der Waals surface area contributed by atoms with Crippen LogP contribution in [0.3, 0.4) is 0 Å². The highest BCUT2D eigenvalue weighted by Crippen LogP contribution is 2.19. The van der Waals surface area contributed by atoms with Crippen LogP contribution in [0.5, 0.6) is 0 Å². The molecule has 1 aromatic heterocycles. The molecular weight excluding hydrogens is 238 g/mol. The van der Waals surface area contributed by atoms with Crippen LogP contribution in [0.4, 0.5) is 5.95 Å². The zero-order valence-electron chi connectivity index (χ0n) is 12.7. The minimum atomic E-state index is 0.517. The highest BCUT2D eigenvalue weighted by molar-refractivity contribution is 5.26. The van der Waals surface area contributed by atoms with Crippen molar-refractivity contribution < 1.29 is 4.74 Å². The van der Waals surface area contributed by atoms with E-state index in [0.29, 0.717) is 6.04 Å². The third-order valence-corrected chi connectivity index (χ3v) is 3.32. The molecule has 1 N–H and O–H groups in total. The standard InChI is InChI=1S/C15H29N3O/c1-4-6-7-9-14(3)18-12-11-17-15(18)16-10-8-13-19-5-2/h11-12,14H,4-10,13H2,1-3H3,(H,16,17). The summed E-state index contributed by atoms with van der Waals surface area (Å²) >= 11 is 0. The molecular formula is C15H29N3O. The molecule has 4 nitrogen and oxygen atoms in total. The van der Waals surface area contributed by atoms with Gasteiger partial charge in [0.25, 0.3) is 0 Å². The van der Waals surface area contributed by atoms with Crippen molar-refractivity contribution in [3.8, 4) is 0 Å². The molecule has 1 atom stereocenters. The third kappa shape index (κ3) is 6.10. The molecule has 0 saturated carbocycles. The number of hydrogen-bond donors (Lipinski definition) is 1. The van der Waals surface area contributed by atoms with Crippen LogP contribution < -0.4 is 5.32 Å². The van der Waals surface area contributed by atoms with E-state index >= 15 is 0 Å². The minimum Gasteiger partial charge on any atom is -0.382 e. The molecule has 0 saturated heterocycles. The molecule has 0 aliphatic carbocycles. The van der Waals surface area contributed by atoms with Gasteiger partial charge in [0.1, 0.15) is 0 Å². The van der Waals surface area contributed by atoms with Gasteiger partial charge in [-0.15, -0.1) is 0 Å². The minimum absolute atomic E-state index is 0.517. The Labute approximate surface area is 117 Å². The first kappa shape index (κ1) is 16.0. The van der Waals surface area contributed by atoms with E-state index in [1.165, 1.54) is 25.7 Å². The molecule has 0 fully saturated rings. The van der Waals surface area contributed by atoms with Gasteiger partial charge in [-0.25, -0.2) is 4.98 Å². The Morgan fingerprint density at radius 3 is 2.89 bits per heavy atom. The SMILES string of the molecule is CCCCCC(C)n1ccnc1NCCCOCC. The second-order valence-electron chi connectivity index (χ2n) is 4.98. The van der Waals surface area contributed by atoms with E-state index in [-0.39, 0.29) is 0 Å². The van der Waals surface area contributed by atoms with Crippen LogP contribution in [-0.2, 0) is 4.74 Å². The maximum atomic E-state index is 5.33. The molecule has 0 radical (unpaired) electrons. The van der Waals surface area contributed by atoms with Crippen LogP contribution in [0, 0.1) is 0 Å². The van der Waals surface area contributed by atoms with E-state index in [2.05, 4.69) is 34.9 Å². The Hall–Kier alpha value is -1.03. The Kier molecular flexibility index (Phi) is 8.30. The van der Waals surface area contributed by atoms with Crippen molar-refractivity contribution >= 4 is 5.95 Å². The molecule has 1 aromatic rings. The first-order valence-corrected chi connectivity index (χ1v) is 7.64. The fraction of sp³-hybridized carbons (Fsp3) is 0.800. The van der Waals surface area contributed by atoms with Gasteiger partial charge in [0.15, 0.2) is 0 Å². The largest absolute Gasteiger partial charge is 0.382 e. The second kappa shape index (κ2) is 9.84. The summed E-state index contributed by atoms with van der Waals surface area (Å²) in [7, 11) is 0. The lowest BCUT2D eigenvalue weighted by atomic mass is 10.1. The van der Waals surface area contributed by atoms with Crippen LogP contribution in [0.25, 0.3) is 0 Å². The van der Waals surface area contributed by atoms with E-state index in [0.717, 1.165) is 32.1 Å². The van der Waals surface area contributed by atoms with Crippen molar-refractivity contribution in [2.75, 3.05) is 25.1 Å². The van der Waals surface area contributed by atoms with Gasteiger partial charge in [0, 0.05) is 38.2 Å². The molecule has 0 spiro atoms. The number of rotatable bonds is 11. The lowest BCUT2D eigenvalue weighted by Gasteiger charge is -2.17. The molecule has 1 unspecified atom stereocenters. The van der Waals surface area contributed by atoms with E-state index in [1.54, 1.807) is 0 Å². The predicted octanol–water partition coefficient (Wildman–Crippen LogP) is 3.86. The molecule has 19 heavy (non-hydrogen) atoms. The Balaban J connectivity index is 2.32. The maximum Gasteiger partial charge on any atom is 0.203 e. The van der Waals surface area contributed by atoms with Gasteiger partial charge < -0.3 is 14.6 Å². The van der Waals surface area contributed by atoms with Gasteiger partial charge in [0.05, 0.1) is 0 Å². The Morgan fingerprint density at radius 2 is 2.16 bits per heavy atom. The average Bonchev–Trinajstić information content (AvgIpc) is 2.87. The first-order valence-electron chi connectivity index (χ1n) is 7.64. The number of hydrogen-bond acceptors (Lipinski definition) is 3. The van der Waals surface area contributed by atoms with Gasteiger partial charge in [-0.1, -0.05) is 26.2 Å². The number of nitrogens with one attached hydrogen (secondary N) is 1. The van der Waals surface area contributed by atoms with Crippen molar-refractivity contribution in [2.45, 2.75) is 58.9 Å². The summed E-state index contributed by atoms with van der Waals surface area (Å²) in [6.45, 7) is 9.06. The summed E-state index contributed by atoms with van der Waals surface area (Å²) in [4.78, 5) is 4.39. The number of ether oxygens (including phenoxy) is 1. The molecule has 1 rings (SSSR count). The highest BCUT2D eigenvalue weighted by Gasteiger charge is 2.08. The average molecular weight is 267 g/mol. The molecule has 0 bridgehead atoms. The predicted molar refractivity (Wildman–Crippen MR) is 80.7 cm³/mol. The normalized spacial score (nSPS) is 12.6. The summed E-state index contributed by atoms with van der Waals surface area (Å²) in [5.41, 5.74) is 0. The van der Waals surface area contributed by atoms with Gasteiger partial charge in [-0.3, -0.25) is 0 Å².